The number of halogens is 1. The summed E-state index contributed by atoms with van der Waals surface area (Å²) < 4.78 is 5.86. The second-order valence-electron chi connectivity index (χ2n) is 4.84. The quantitative estimate of drug-likeness (QED) is 0.421. The molecule has 1 rings (SSSR count). The Morgan fingerprint density at radius 1 is 1.37 bits per heavy atom. The Hall–Kier alpha value is -1.10. The normalized spacial score (nSPS) is 11.4. The molecule has 0 aliphatic rings. The van der Waals surface area contributed by atoms with Crippen LogP contribution in [0, 0.1) is 22.5 Å². The summed E-state index contributed by atoms with van der Waals surface area (Å²) in [5.41, 5.74) is 1.02. The minimum atomic E-state index is -0.391. The second-order valence-corrected chi connectivity index (χ2v) is 5.40. The van der Waals surface area contributed by atoms with Gasteiger partial charge in [0.05, 0.1) is 11.5 Å². The molecular weight excluding hydrogens is 310 g/mol. The van der Waals surface area contributed by atoms with E-state index in [-0.39, 0.29) is 11.1 Å². The molecule has 0 fully saturated rings. The number of alkyl halides is 1. The molecule has 19 heavy (non-hydrogen) atoms. The van der Waals surface area contributed by atoms with E-state index in [9.17, 15) is 10.1 Å². The average Bonchev–Trinajstić information content (AvgIpc) is 2.42. The van der Waals surface area contributed by atoms with Gasteiger partial charge in [-0.25, -0.2) is 0 Å². The van der Waals surface area contributed by atoms with Crippen molar-refractivity contribution >= 4 is 21.6 Å². The molecule has 0 N–H and O–H groups in total. The maximum absolute atomic E-state index is 10.7. The Balaban J connectivity index is 2.80. The lowest BCUT2D eigenvalue weighted by atomic mass is 9.86. The fourth-order valence-electron chi connectivity index (χ4n) is 1.82. The first-order valence-electron chi connectivity index (χ1n) is 6.42. The predicted octanol–water partition coefficient (Wildman–Crippen LogP) is 4.48. The molecule has 0 aromatic heterocycles. The van der Waals surface area contributed by atoms with Crippen molar-refractivity contribution in [2.75, 3.05) is 11.9 Å². The van der Waals surface area contributed by atoms with Gasteiger partial charge in [0.25, 0.3) is 5.69 Å². The minimum absolute atomic E-state index is 0.0996. The smallest absolute Gasteiger partial charge is 0.269 e. The highest BCUT2D eigenvalue weighted by atomic mass is 79.9. The number of aryl methyl sites for hydroxylation is 1. The highest BCUT2D eigenvalue weighted by molar-refractivity contribution is 9.09. The maximum atomic E-state index is 10.7. The lowest BCUT2D eigenvalue weighted by molar-refractivity contribution is -0.384. The molecule has 0 aliphatic heterocycles. The van der Waals surface area contributed by atoms with E-state index in [1.165, 1.54) is 6.07 Å². The second kappa shape index (κ2) is 6.89. The first-order valence-corrected chi connectivity index (χ1v) is 7.54. The van der Waals surface area contributed by atoms with Crippen LogP contribution in [0.5, 0.6) is 5.75 Å². The molecule has 4 nitrogen and oxygen atoms in total. The largest absolute Gasteiger partial charge is 0.493 e. The van der Waals surface area contributed by atoms with Crippen LogP contribution in [0.1, 0.15) is 32.3 Å². The van der Waals surface area contributed by atoms with Gasteiger partial charge in [0.1, 0.15) is 5.75 Å². The van der Waals surface area contributed by atoms with Gasteiger partial charge in [-0.05, 0) is 31.4 Å². The topological polar surface area (TPSA) is 52.4 Å². The molecule has 0 saturated heterocycles. The molecule has 0 amide bonds. The summed E-state index contributed by atoms with van der Waals surface area (Å²) in [6.07, 6.45) is 2.06. The zero-order valence-corrected chi connectivity index (χ0v) is 13.2. The summed E-state index contributed by atoms with van der Waals surface area (Å²) in [6.45, 7) is 6.74. The number of nitro benzene ring substituents is 1. The number of hydrogen-bond acceptors (Lipinski definition) is 3. The summed E-state index contributed by atoms with van der Waals surface area (Å²) in [6, 6.07) is 4.71. The maximum Gasteiger partial charge on any atom is 0.269 e. The van der Waals surface area contributed by atoms with Crippen molar-refractivity contribution in [3.63, 3.8) is 0 Å². The van der Waals surface area contributed by atoms with Gasteiger partial charge in [-0.2, -0.15) is 0 Å². The van der Waals surface area contributed by atoms with E-state index in [1.54, 1.807) is 12.1 Å². The molecule has 106 valence electrons. The van der Waals surface area contributed by atoms with Crippen molar-refractivity contribution in [2.24, 2.45) is 5.41 Å². The average molecular weight is 330 g/mol. The van der Waals surface area contributed by atoms with Crippen LogP contribution in [0.4, 0.5) is 5.69 Å². The van der Waals surface area contributed by atoms with Crippen molar-refractivity contribution < 1.29 is 9.66 Å². The molecular formula is C14H20BrNO3. The molecule has 0 radical (unpaired) electrons. The third-order valence-corrected chi connectivity index (χ3v) is 4.88. The molecule has 1 aromatic rings. The van der Waals surface area contributed by atoms with Crippen molar-refractivity contribution in [3.05, 3.63) is 33.9 Å². The van der Waals surface area contributed by atoms with Gasteiger partial charge < -0.3 is 4.74 Å². The number of rotatable bonds is 7. The molecule has 0 heterocycles. The molecule has 0 aliphatic carbocycles. The number of benzene rings is 1. The monoisotopic (exact) mass is 329 g/mol. The summed E-state index contributed by atoms with van der Waals surface area (Å²) in [5, 5.41) is 11.6. The predicted molar refractivity (Wildman–Crippen MR) is 80.1 cm³/mol. The van der Waals surface area contributed by atoms with Gasteiger partial charge in [-0.3, -0.25) is 10.1 Å². The van der Waals surface area contributed by atoms with E-state index in [2.05, 4.69) is 29.8 Å². The van der Waals surface area contributed by atoms with E-state index in [4.69, 9.17) is 4.74 Å². The van der Waals surface area contributed by atoms with E-state index in [0.29, 0.717) is 6.61 Å². The highest BCUT2D eigenvalue weighted by Crippen LogP contribution is 2.31. The van der Waals surface area contributed by atoms with Gasteiger partial charge in [0, 0.05) is 22.9 Å². The number of non-ortho nitro benzene ring substituents is 1. The first-order chi connectivity index (χ1) is 8.98. The lowest BCUT2D eigenvalue weighted by Crippen LogP contribution is -2.29. The molecule has 5 heteroatoms. The van der Waals surface area contributed by atoms with Crippen LogP contribution in [-0.4, -0.2) is 16.9 Å². The molecule has 1 aromatic carbocycles. The molecule has 0 spiro atoms. The molecule has 0 saturated carbocycles. The van der Waals surface area contributed by atoms with Crippen LogP contribution >= 0.6 is 15.9 Å². The van der Waals surface area contributed by atoms with Crippen molar-refractivity contribution in [3.8, 4) is 5.75 Å². The third-order valence-electron chi connectivity index (χ3n) is 3.69. The lowest BCUT2D eigenvalue weighted by Gasteiger charge is -2.29. The van der Waals surface area contributed by atoms with Crippen LogP contribution in [0.2, 0.25) is 0 Å². The standard InChI is InChI=1S/C14H20BrNO3/c1-4-14(5-2,9-15)10-19-13-7-6-12(16(17)18)8-11(13)3/h6-8H,4-5,9-10H2,1-3H3. The Morgan fingerprint density at radius 3 is 2.42 bits per heavy atom. The van der Waals surface area contributed by atoms with Crippen LogP contribution in [0.3, 0.4) is 0 Å². The van der Waals surface area contributed by atoms with Crippen molar-refractivity contribution in [2.45, 2.75) is 33.6 Å². The Morgan fingerprint density at radius 2 is 2.00 bits per heavy atom. The van der Waals surface area contributed by atoms with E-state index < -0.39 is 4.92 Å². The van der Waals surface area contributed by atoms with Gasteiger partial charge in [0.2, 0.25) is 0 Å². The van der Waals surface area contributed by atoms with E-state index in [1.807, 2.05) is 6.92 Å². The van der Waals surface area contributed by atoms with Gasteiger partial charge in [0.15, 0.2) is 0 Å². The van der Waals surface area contributed by atoms with Crippen LogP contribution in [0.25, 0.3) is 0 Å². The zero-order valence-electron chi connectivity index (χ0n) is 11.6. The van der Waals surface area contributed by atoms with Gasteiger partial charge in [-0.1, -0.05) is 29.8 Å². The number of nitrogens with zero attached hydrogens (tertiary/aromatic N) is 1. The Labute approximate surface area is 122 Å². The van der Waals surface area contributed by atoms with Crippen LogP contribution in [-0.2, 0) is 0 Å². The van der Waals surface area contributed by atoms with Gasteiger partial charge in [-0.15, -0.1) is 0 Å². The van der Waals surface area contributed by atoms with Gasteiger partial charge >= 0.3 is 0 Å². The van der Waals surface area contributed by atoms with Crippen LogP contribution in [0.15, 0.2) is 18.2 Å². The summed E-state index contributed by atoms with van der Waals surface area (Å²) in [7, 11) is 0. The van der Waals surface area contributed by atoms with E-state index in [0.717, 1.165) is 29.5 Å². The van der Waals surface area contributed by atoms with Crippen molar-refractivity contribution in [1.82, 2.24) is 0 Å². The fourth-order valence-corrected chi connectivity index (χ4v) is 2.78. The highest BCUT2D eigenvalue weighted by Gasteiger charge is 2.26. The Kier molecular flexibility index (Phi) is 5.79. The minimum Gasteiger partial charge on any atom is -0.493 e. The third kappa shape index (κ3) is 3.93. The summed E-state index contributed by atoms with van der Waals surface area (Å²) in [5.74, 6) is 0.720. The summed E-state index contributed by atoms with van der Waals surface area (Å²) >= 11 is 3.55. The molecule has 0 atom stereocenters. The number of nitro groups is 1. The molecule has 0 bridgehead atoms. The van der Waals surface area contributed by atoms with E-state index >= 15 is 0 Å². The van der Waals surface area contributed by atoms with Crippen LogP contribution < -0.4 is 4.74 Å². The Bertz CT molecular complexity index is 436. The zero-order chi connectivity index (χ0) is 14.5. The first kappa shape index (κ1) is 16.0. The fraction of sp³-hybridized carbons (Fsp3) is 0.571. The molecule has 0 unspecified atom stereocenters. The summed E-state index contributed by atoms with van der Waals surface area (Å²) in [4.78, 5) is 10.3. The van der Waals surface area contributed by atoms with Crippen molar-refractivity contribution in [1.29, 1.82) is 0 Å². The SMILES string of the molecule is CCC(CC)(CBr)COc1ccc([N+](=O)[O-])cc1C. The number of hydrogen-bond donors (Lipinski definition) is 0. The number of ether oxygens (including phenoxy) is 1.